The van der Waals surface area contributed by atoms with Crippen molar-refractivity contribution in [3.05, 3.63) is 71.6 Å². The number of hydrogen-bond acceptors (Lipinski definition) is 8. The molecule has 0 atom stereocenters. The SMILES string of the molecule is CCON(c1cccc(OCc2ncc(F)c(F)n2)c1)c1cc(C(=O)NC2CC2)ncc1C(N)=O. The number of carbonyl (C=O) groups is 2. The Labute approximate surface area is 199 Å². The smallest absolute Gasteiger partial charge is 0.270 e. The molecule has 1 aromatic carbocycles. The fourth-order valence-corrected chi connectivity index (χ4v) is 3.12. The van der Waals surface area contributed by atoms with Gasteiger partial charge in [-0.3, -0.25) is 19.4 Å². The number of primary amides is 1. The number of nitrogens with two attached hydrogens (primary N) is 1. The highest BCUT2D eigenvalue weighted by Crippen LogP contribution is 2.32. The van der Waals surface area contributed by atoms with E-state index in [4.69, 9.17) is 15.3 Å². The zero-order valence-corrected chi connectivity index (χ0v) is 18.7. The van der Waals surface area contributed by atoms with Gasteiger partial charge in [-0.25, -0.2) is 14.4 Å². The molecule has 0 saturated heterocycles. The number of ether oxygens (including phenoxy) is 1. The molecule has 1 aliphatic rings. The van der Waals surface area contributed by atoms with Crippen LogP contribution in [0.1, 0.15) is 46.4 Å². The van der Waals surface area contributed by atoms with Crippen molar-refractivity contribution in [3.63, 3.8) is 0 Å². The summed E-state index contributed by atoms with van der Waals surface area (Å²) in [4.78, 5) is 41.6. The number of anilines is 2. The largest absolute Gasteiger partial charge is 0.486 e. The first-order valence-electron chi connectivity index (χ1n) is 10.8. The van der Waals surface area contributed by atoms with Gasteiger partial charge < -0.3 is 15.8 Å². The topological polar surface area (TPSA) is 133 Å². The normalized spacial score (nSPS) is 12.8. The van der Waals surface area contributed by atoms with Gasteiger partial charge in [0.25, 0.3) is 17.8 Å². The van der Waals surface area contributed by atoms with E-state index >= 15 is 0 Å². The maximum absolute atomic E-state index is 13.3. The number of rotatable bonds is 10. The Bertz CT molecular complexity index is 1250. The number of nitrogens with one attached hydrogen (secondary N) is 1. The number of aromatic nitrogens is 3. The lowest BCUT2D eigenvalue weighted by Crippen LogP contribution is -2.28. The quantitative estimate of drug-likeness (QED) is 0.332. The molecule has 2 amide bonds. The molecule has 1 aliphatic carbocycles. The first-order valence-corrected chi connectivity index (χ1v) is 10.8. The Balaban J connectivity index is 1.62. The van der Waals surface area contributed by atoms with Crippen molar-refractivity contribution in [2.45, 2.75) is 32.4 Å². The van der Waals surface area contributed by atoms with Crippen LogP contribution in [0.5, 0.6) is 5.75 Å². The molecule has 10 nitrogen and oxygen atoms in total. The van der Waals surface area contributed by atoms with Gasteiger partial charge in [0.1, 0.15) is 18.1 Å². The van der Waals surface area contributed by atoms with Gasteiger partial charge in [0, 0.05) is 18.3 Å². The average molecular weight is 484 g/mol. The third-order valence-corrected chi connectivity index (χ3v) is 4.94. The maximum atomic E-state index is 13.3. The molecule has 12 heteroatoms. The second-order valence-corrected chi connectivity index (χ2v) is 7.62. The summed E-state index contributed by atoms with van der Waals surface area (Å²) >= 11 is 0. The van der Waals surface area contributed by atoms with Gasteiger partial charge in [-0.1, -0.05) is 6.07 Å². The summed E-state index contributed by atoms with van der Waals surface area (Å²) in [6.45, 7) is 1.75. The number of carbonyl (C=O) groups excluding carboxylic acids is 2. The summed E-state index contributed by atoms with van der Waals surface area (Å²) in [5.41, 5.74) is 6.36. The summed E-state index contributed by atoms with van der Waals surface area (Å²) in [6, 6.07) is 8.11. The van der Waals surface area contributed by atoms with Crippen molar-refractivity contribution in [2.24, 2.45) is 5.73 Å². The van der Waals surface area contributed by atoms with Gasteiger partial charge in [-0.2, -0.15) is 9.37 Å². The van der Waals surface area contributed by atoms with E-state index in [1.165, 1.54) is 17.3 Å². The van der Waals surface area contributed by atoms with Crippen molar-refractivity contribution < 1.29 is 27.9 Å². The molecule has 2 aromatic heterocycles. The molecular weight excluding hydrogens is 462 g/mol. The Kier molecular flexibility index (Phi) is 7.11. The van der Waals surface area contributed by atoms with E-state index in [-0.39, 0.29) is 47.9 Å². The molecule has 182 valence electrons. The van der Waals surface area contributed by atoms with Crippen LogP contribution in [0.3, 0.4) is 0 Å². The van der Waals surface area contributed by atoms with Gasteiger partial charge in [-0.05, 0) is 38.0 Å². The Morgan fingerprint density at radius 2 is 2.00 bits per heavy atom. The van der Waals surface area contributed by atoms with Crippen LogP contribution in [0.15, 0.2) is 42.7 Å². The van der Waals surface area contributed by atoms with Crippen LogP contribution in [0.2, 0.25) is 0 Å². The second kappa shape index (κ2) is 10.4. The van der Waals surface area contributed by atoms with Crippen LogP contribution in [0.25, 0.3) is 0 Å². The predicted octanol–water partition coefficient (Wildman–Crippen LogP) is 2.81. The molecule has 35 heavy (non-hydrogen) atoms. The highest BCUT2D eigenvalue weighted by Gasteiger charge is 2.26. The molecule has 0 radical (unpaired) electrons. The van der Waals surface area contributed by atoms with Crippen LogP contribution in [0.4, 0.5) is 20.2 Å². The molecule has 0 unspecified atom stereocenters. The minimum Gasteiger partial charge on any atom is -0.486 e. The first-order chi connectivity index (χ1) is 16.9. The molecule has 3 N–H and O–H groups in total. The summed E-state index contributed by atoms with van der Waals surface area (Å²) in [5.74, 6) is -3.27. The Hall–Kier alpha value is -4.19. The zero-order chi connectivity index (χ0) is 24.9. The maximum Gasteiger partial charge on any atom is 0.270 e. The highest BCUT2D eigenvalue weighted by atomic mass is 19.2. The monoisotopic (exact) mass is 484 g/mol. The predicted molar refractivity (Wildman–Crippen MR) is 120 cm³/mol. The lowest BCUT2D eigenvalue weighted by molar-refractivity contribution is 0.0942. The molecule has 0 aliphatic heterocycles. The summed E-state index contributed by atoms with van der Waals surface area (Å²) in [7, 11) is 0. The van der Waals surface area contributed by atoms with Gasteiger partial charge in [-0.15, -0.1) is 0 Å². The van der Waals surface area contributed by atoms with Gasteiger partial charge >= 0.3 is 0 Å². The summed E-state index contributed by atoms with van der Waals surface area (Å²) in [6.07, 6.45) is 3.77. The van der Waals surface area contributed by atoms with Crippen LogP contribution >= 0.6 is 0 Å². The fourth-order valence-electron chi connectivity index (χ4n) is 3.12. The Morgan fingerprint density at radius 3 is 2.69 bits per heavy atom. The second-order valence-electron chi connectivity index (χ2n) is 7.62. The molecule has 3 aromatic rings. The molecule has 0 bridgehead atoms. The van der Waals surface area contributed by atoms with Gasteiger partial charge in [0.2, 0.25) is 0 Å². The van der Waals surface area contributed by atoms with E-state index in [1.54, 1.807) is 31.2 Å². The van der Waals surface area contributed by atoms with E-state index in [0.29, 0.717) is 11.4 Å². The third kappa shape index (κ3) is 5.84. The van der Waals surface area contributed by atoms with Crippen molar-refractivity contribution in [1.82, 2.24) is 20.3 Å². The standard InChI is InChI=1S/C23H22F2N6O4/c1-2-35-31(19-9-18(23(33)29-13-6-7-13)27-10-16(19)22(26)32)14-4-3-5-15(8-14)34-12-20-28-11-17(24)21(25)30-20/h3-5,8-11,13H,2,6-7,12H2,1H3,(H2,26,32)(H,29,33). The zero-order valence-electron chi connectivity index (χ0n) is 18.7. The number of hydrogen-bond donors (Lipinski definition) is 2. The number of amides is 2. The molecule has 1 saturated carbocycles. The van der Waals surface area contributed by atoms with Crippen molar-refractivity contribution in [2.75, 3.05) is 11.7 Å². The lowest BCUT2D eigenvalue weighted by Gasteiger charge is -2.25. The molecule has 0 spiro atoms. The van der Waals surface area contributed by atoms with Crippen molar-refractivity contribution >= 4 is 23.2 Å². The lowest BCUT2D eigenvalue weighted by atomic mass is 10.1. The molecule has 4 rings (SSSR count). The van der Waals surface area contributed by atoms with E-state index < -0.39 is 17.7 Å². The van der Waals surface area contributed by atoms with Crippen LogP contribution in [-0.2, 0) is 11.4 Å². The number of pyridine rings is 1. The van der Waals surface area contributed by atoms with E-state index in [2.05, 4.69) is 20.3 Å². The van der Waals surface area contributed by atoms with Gasteiger partial charge in [0.05, 0.1) is 29.7 Å². The number of nitrogens with zero attached hydrogens (tertiary/aromatic N) is 4. The number of halogens is 2. The Morgan fingerprint density at radius 1 is 1.20 bits per heavy atom. The van der Waals surface area contributed by atoms with E-state index in [1.807, 2.05) is 0 Å². The number of benzene rings is 1. The fraction of sp³-hybridized carbons (Fsp3) is 0.261. The summed E-state index contributed by atoms with van der Waals surface area (Å²) < 4.78 is 32.0. The van der Waals surface area contributed by atoms with E-state index in [9.17, 15) is 18.4 Å². The van der Waals surface area contributed by atoms with Crippen LogP contribution in [-0.4, -0.2) is 39.4 Å². The minimum absolute atomic E-state index is 0.0444. The molecular formula is C23H22F2N6O4. The van der Waals surface area contributed by atoms with Crippen LogP contribution in [0, 0.1) is 11.8 Å². The summed E-state index contributed by atoms with van der Waals surface area (Å²) in [5, 5.41) is 4.19. The highest BCUT2D eigenvalue weighted by molar-refractivity contribution is 6.01. The van der Waals surface area contributed by atoms with Crippen molar-refractivity contribution in [3.8, 4) is 5.75 Å². The van der Waals surface area contributed by atoms with E-state index in [0.717, 1.165) is 19.0 Å². The molecule has 2 heterocycles. The minimum atomic E-state index is -1.27. The third-order valence-electron chi connectivity index (χ3n) is 4.94. The van der Waals surface area contributed by atoms with Gasteiger partial charge in [0.15, 0.2) is 11.6 Å². The molecule has 1 fully saturated rings. The first kappa shape index (κ1) is 24.0. The van der Waals surface area contributed by atoms with Crippen molar-refractivity contribution in [1.29, 1.82) is 0 Å². The van der Waals surface area contributed by atoms with Crippen LogP contribution < -0.4 is 20.9 Å². The average Bonchev–Trinajstić information content (AvgIpc) is 3.67.